The fraction of sp³-hybridized carbons (Fsp3) is 0.538. The van der Waals surface area contributed by atoms with Crippen LogP contribution in [0.15, 0.2) is 24.3 Å². The molecule has 1 fully saturated rings. The van der Waals surface area contributed by atoms with E-state index < -0.39 is 0 Å². The Labute approximate surface area is 102 Å². The molecule has 3 N–H and O–H groups in total. The second-order valence-electron chi connectivity index (χ2n) is 4.47. The number of piperidine rings is 1. The molecule has 0 aliphatic carbocycles. The van der Waals surface area contributed by atoms with Gasteiger partial charge in [0.15, 0.2) is 0 Å². The van der Waals surface area contributed by atoms with Gasteiger partial charge in [0.1, 0.15) is 0 Å². The van der Waals surface area contributed by atoms with Crippen LogP contribution in [0, 0.1) is 5.92 Å². The Bertz CT molecular complexity index is 334. The molecular formula is C13H19ClN2. The lowest BCUT2D eigenvalue weighted by Crippen LogP contribution is -2.35. The lowest BCUT2D eigenvalue weighted by molar-refractivity contribution is 0.325. The average Bonchev–Trinajstić information content (AvgIpc) is 2.34. The van der Waals surface area contributed by atoms with E-state index in [-0.39, 0.29) is 0 Å². The van der Waals surface area contributed by atoms with Crippen LogP contribution in [-0.4, -0.2) is 19.6 Å². The van der Waals surface area contributed by atoms with Crippen molar-refractivity contribution in [1.29, 1.82) is 0 Å². The van der Waals surface area contributed by atoms with Crippen molar-refractivity contribution < 1.29 is 0 Å². The Morgan fingerprint density at radius 1 is 1.44 bits per heavy atom. The third-order valence-corrected chi connectivity index (χ3v) is 3.81. The van der Waals surface area contributed by atoms with Crippen LogP contribution in [0.2, 0.25) is 5.02 Å². The Balaban J connectivity index is 2.18. The summed E-state index contributed by atoms with van der Waals surface area (Å²) in [7, 11) is 0. The van der Waals surface area contributed by atoms with Gasteiger partial charge in [-0.25, -0.2) is 0 Å². The number of hydrogen-bond acceptors (Lipinski definition) is 2. The van der Waals surface area contributed by atoms with Gasteiger partial charge in [-0.15, -0.1) is 0 Å². The van der Waals surface area contributed by atoms with Crippen molar-refractivity contribution in [3.8, 4) is 0 Å². The van der Waals surface area contributed by atoms with Gasteiger partial charge in [0.25, 0.3) is 0 Å². The van der Waals surface area contributed by atoms with E-state index in [9.17, 15) is 0 Å². The monoisotopic (exact) mass is 238 g/mol. The van der Waals surface area contributed by atoms with Gasteiger partial charge in [0.05, 0.1) is 0 Å². The summed E-state index contributed by atoms with van der Waals surface area (Å²) in [6.45, 7) is 2.87. The van der Waals surface area contributed by atoms with E-state index in [0.29, 0.717) is 18.4 Å². The van der Waals surface area contributed by atoms with Gasteiger partial charge in [-0.05, 0) is 50.0 Å². The molecule has 1 aliphatic rings. The van der Waals surface area contributed by atoms with Gasteiger partial charge >= 0.3 is 0 Å². The van der Waals surface area contributed by atoms with Gasteiger partial charge in [-0.1, -0.05) is 29.8 Å². The maximum Gasteiger partial charge on any atom is 0.0441 e. The van der Waals surface area contributed by atoms with Crippen LogP contribution in [0.5, 0.6) is 0 Å². The maximum atomic E-state index is 6.24. The normalized spacial score (nSPS) is 23.0. The van der Waals surface area contributed by atoms with Crippen molar-refractivity contribution in [3.63, 3.8) is 0 Å². The zero-order chi connectivity index (χ0) is 11.4. The zero-order valence-corrected chi connectivity index (χ0v) is 10.2. The number of nitrogens with one attached hydrogen (secondary N) is 1. The third-order valence-electron chi connectivity index (χ3n) is 3.46. The van der Waals surface area contributed by atoms with Crippen molar-refractivity contribution in [2.24, 2.45) is 11.7 Å². The van der Waals surface area contributed by atoms with E-state index in [0.717, 1.165) is 18.1 Å². The minimum absolute atomic E-state index is 0.390. The minimum Gasteiger partial charge on any atom is -0.330 e. The summed E-state index contributed by atoms with van der Waals surface area (Å²) in [6.07, 6.45) is 2.49. The highest BCUT2D eigenvalue weighted by Gasteiger charge is 2.25. The van der Waals surface area contributed by atoms with Crippen LogP contribution in [0.25, 0.3) is 0 Å². The highest BCUT2D eigenvalue weighted by Crippen LogP contribution is 2.32. The molecule has 0 saturated carbocycles. The maximum absolute atomic E-state index is 6.24. The van der Waals surface area contributed by atoms with Crippen LogP contribution < -0.4 is 11.1 Å². The topological polar surface area (TPSA) is 38.0 Å². The van der Waals surface area contributed by atoms with Crippen molar-refractivity contribution in [1.82, 2.24) is 5.32 Å². The largest absolute Gasteiger partial charge is 0.330 e. The molecule has 1 saturated heterocycles. The SMILES string of the molecule is NCC(c1ccccc1Cl)C1CCCNC1. The summed E-state index contributed by atoms with van der Waals surface area (Å²) in [5, 5.41) is 4.29. The standard InChI is InChI=1S/C13H19ClN2/c14-13-6-2-1-5-11(13)12(8-15)10-4-3-7-16-9-10/h1-2,5-6,10,12,16H,3-4,7-9,15H2. The second-order valence-corrected chi connectivity index (χ2v) is 4.88. The van der Waals surface area contributed by atoms with Crippen molar-refractivity contribution in [2.45, 2.75) is 18.8 Å². The molecule has 0 bridgehead atoms. The Morgan fingerprint density at radius 3 is 2.88 bits per heavy atom. The van der Waals surface area contributed by atoms with Gasteiger partial charge < -0.3 is 11.1 Å². The predicted octanol–water partition coefficient (Wildman–Crippen LogP) is 2.38. The molecule has 88 valence electrons. The van der Waals surface area contributed by atoms with E-state index in [1.54, 1.807) is 0 Å². The molecule has 1 aromatic rings. The van der Waals surface area contributed by atoms with E-state index in [4.69, 9.17) is 17.3 Å². The highest BCUT2D eigenvalue weighted by atomic mass is 35.5. The predicted molar refractivity (Wildman–Crippen MR) is 68.8 cm³/mol. The molecule has 0 aromatic heterocycles. The fourth-order valence-electron chi connectivity index (χ4n) is 2.57. The van der Waals surface area contributed by atoms with Crippen LogP contribution in [0.3, 0.4) is 0 Å². The zero-order valence-electron chi connectivity index (χ0n) is 9.45. The minimum atomic E-state index is 0.390. The molecule has 2 rings (SSSR count). The van der Waals surface area contributed by atoms with Crippen LogP contribution >= 0.6 is 11.6 Å². The first-order valence-electron chi connectivity index (χ1n) is 5.98. The molecule has 1 aliphatic heterocycles. The Kier molecular flexibility index (Phi) is 4.22. The molecule has 0 spiro atoms. The first-order valence-corrected chi connectivity index (χ1v) is 6.36. The van der Waals surface area contributed by atoms with Crippen molar-refractivity contribution in [2.75, 3.05) is 19.6 Å². The highest BCUT2D eigenvalue weighted by molar-refractivity contribution is 6.31. The van der Waals surface area contributed by atoms with Gasteiger partial charge in [-0.2, -0.15) is 0 Å². The fourth-order valence-corrected chi connectivity index (χ4v) is 2.85. The summed E-state index contributed by atoms with van der Waals surface area (Å²) < 4.78 is 0. The Hall–Kier alpha value is -0.570. The van der Waals surface area contributed by atoms with Crippen molar-refractivity contribution in [3.05, 3.63) is 34.9 Å². The average molecular weight is 239 g/mol. The molecule has 2 unspecified atom stereocenters. The number of hydrogen-bond donors (Lipinski definition) is 2. The van der Waals surface area contributed by atoms with Gasteiger partial charge in [0, 0.05) is 10.9 Å². The first-order chi connectivity index (χ1) is 7.83. The number of nitrogens with two attached hydrogens (primary N) is 1. The summed E-state index contributed by atoms with van der Waals surface area (Å²) in [5.74, 6) is 1.01. The number of halogens is 1. The molecule has 2 atom stereocenters. The molecule has 3 heteroatoms. The molecule has 0 amide bonds. The Morgan fingerprint density at radius 2 is 2.25 bits per heavy atom. The van der Waals surface area contributed by atoms with E-state index in [2.05, 4.69) is 11.4 Å². The van der Waals surface area contributed by atoms with Crippen molar-refractivity contribution >= 4 is 11.6 Å². The first kappa shape index (κ1) is 11.9. The van der Waals surface area contributed by atoms with Crippen LogP contribution in [0.1, 0.15) is 24.3 Å². The van der Waals surface area contributed by atoms with E-state index in [1.807, 2.05) is 18.2 Å². The summed E-state index contributed by atoms with van der Waals surface area (Å²) >= 11 is 6.24. The summed E-state index contributed by atoms with van der Waals surface area (Å²) in [5.41, 5.74) is 7.13. The lowest BCUT2D eigenvalue weighted by atomic mass is 9.81. The van der Waals surface area contributed by atoms with Gasteiger partial charge in [0.2, 0.25) is 0 Å². The quantitative estimate of drug-likeness (QED) is 0.849. The van der Waals surface area contributed by atoms with Crippen LogP contribution in [-0.2, 0) is 0 Å². The second kappa shape index (κ2) is 5.67. The number of rotatable bonds is 3. The molecule has 16 heavy (non-hydrogen) atoms. The summed E-state index contributed by atoms with van der Waals surface area (Å²) in [6, 6.07) is 8.07. The van der Waals surface area contributed by atoms with Gasteiger partial charge in [-0.3, -0.25) is 0 Å². The molecule has 1 heterocycles. The smallest absolute Gasteiger partial charge is 0.0441 e. The number of benzene rings is 1. The molecule has 1 aromatic carbocycles. The molecule has 2 nitrogen and oxygen atoms in total. The lowest BCUT2D eigenvalue weighted by Gasteiger charge is -2.30. The van der Waals surface area contributed by atoms with E-state index >= 15 is 0 Å². The molecular weight excluding hydrogens is 220 g/mol. The van der Waals surface area contributed by atoms with E-state index in [1.165, 1.54) is 18.4 Å². The third kappa shape index (κ3) is 2.57. The molecule has 0 radical (unpaired) electrons. The van der Waals surface area contributed by atoms with Crippen LogP contribution in [0.4, 0.5) is 0 Å². The summed E-state index contributed by atoms with van der Waals surface area (Å²) in [4.78, 5) is 0.